The van der Waals surface area contributed by atoms with Gasteiger partial charge in [-0.2, -0.15) is 5.10 Å². The highest BCUT2D eigenvalue weighted by molar-refractivity contribution is 6.03. The molecule has 1 aliphatic heterocycles. The van der Waals surface area contributed by atoms with Gasteiger partial charge < -0.3 is 11.1 Å². The Morgan fingerprint density at radius 1 is 1.13 bits per heavy atom. The van der Waals surface area contributed by atoms with E-state index in [9.17, 15) is 14.0 Å². The quantitative estimate of drug-likeness (QED) is 0.657. The molecule has 1 fully saturated rings. The number of halogens is 1. The lowest BCUT2D eigenvalue weighted by Crippen LogP contribution is -2.39. The number of carbonyl (C=O) groups is 2. The van der Waals surface area contributed by atoms with Crippen molar-refractivity contribution < 1.29 is 14.0 Å². The van der Waals surface area contributed by atoms with Crippen LogP contribution in [0.5, 0.6) is 0 Å². The van der Waals surface area contributed by atoms with E-state index in [4.69, 9.17) is 5.73 Å². The van der Waals surface area contributed by atoms with E-state index in [1.54, 1.807) is 30.5 Å². The highest BCUT2D eigenvalue weighted by atomic mass is 19.1. The summed E-state index contributed by atoms with van der Waals surface area (Å²) in [6.45, 7) is 1.29. The fraction of sp³-hybridized carbons (Fsp3) is 0.227. The predicted octanol–water partition coefficient (Wildman–Crippen LogP) is 2.71. The molecule has 3 N–H and O–H groups in total. The third kappa shape index (κ3) is 4.08. The van der Waals surface area contributed by atoms with Crippen LogP contribution in [0.15, 0.2) is 60.8 Å². The van der Waals surface area contributed by atoms with Gasteiger partial charge in [-0.25, -0.2) is 9.07 Å². The van der Waals surface area contributed by atoms with Crippen molar-refractivity contribution >= 4 is 17.5 Å². The van der Waals surface area contributed by atoms with E-state index >= 15 is 0 Å². The van der Waals surface area contributed by atoms with E-state index in [-0.39, 0.29) is 23.3 Å². The molecule has 30 heavy (non-hydrogen) atoms. The molecule has 1 atom stereocenters. The van der Waals surface area contributed by atoms with Crippen LogP contribution in [0, 0.1) is 5.82 Å². The monoisotopic (exact) mass is 407 g/mol. The zero-order valence-corrected chi connectivity index (χ0v) is 16.3. The number of aromatic nitrogens is 2. The average Bonchev–Trinajstić information content (AvgIpc) is 3.39. The number of hydrogen-bond donors (Lipinski definition) is 2. The highest BCUT2D eigenvalue weighted by Gasteiger charge is 2.29. The predicted molar refractivity (Wildman–Crippen MR) is 111 cm³/mol. The molecule has 8 heteroatoms. The van der Waals surface area contributed by atoms with Crippen LogP contribution < -0.4 is 11.1 Å². The first-order valence-corrected chi connectivity index (χ1v) is 9.76. The summed E-state index contributed by atoms with van der Waals surface area (Å²) in [7, 11) is 0. The molecule has 1 unspecified atom stereocenters. The zero-order valence-electron chi connectivity index (χ0n) is 16.3. The number of amides is 2. The first-order valence-electron chi connectivity index (χ1n) is 9.76. The van der Waals surface area contributed by atoms with Crippen LogP contribution in [0.25, 0.3) is 5.69 Å². The van der Waals surface area contributed by atoms with Crippen molar-refractivity contribution in [2.45, 2.75) is 25.4 Å². The fourth-order valence-corrected chi connectivity index (χ4v) is 3.74. The number of primary amides is 1. The van der Waals surface area contributed by atoms with Crippen molar-refractivity contribution in [3.8, 4) is 5.69 Å². The number of nitrogens with zero attached hydrogens (tertiary/aromatic N) is 3. The van der Waals surface area contributed by atoms with E-state index in [0.717, 1.165) is 24.9 Å². The van der Waals surface area contributed by atoms with Gasteiger partial charge in [0.05, 0.1) is 6.04 Å². The Balaban J connectivity index is 1.51. The summed E-state index contributed by atoms with van der Waals surface area (Å²) in [5, 5.41) is 7.07. The molecule has 1 aromatic heterocycles. The van der Waals surface area contributed by atoms with E-state index in [2.05, 4.69) is 10.4 Å². The van der Waals surface area contributed by atoms with E-state index in [0.29, 0.717) is 12.2 Å². The molecule has 1 aliphatic rings. The molecule has 0 saturated carbocycles. The number of rotatable bonds is 6. The minimum absolute atomic E-state index is 0.171. The van der Waals surface area contributed by atoms with Gasteiger partial charge in [-0.1, -0.05) is 30.3 Å². The topological polar surface area (TPSA) is 93.3 Å². The summed E-state index contributed by atoms with van der Waals surface area (Å²) in [5.41, 5.74) is 7.47. The molecule has 2 amide bonds. The Morgan fingerprint density at radius 3 is 2.70 bits per heavy atom. The molecular formula is C22H22FN5O2. The summed E-state index contributed by atoms with van der Waals surface area (Å²) in [5.74, 6) is -1.15. The second kappa shape index (κ2) is 8.46. The van der Waals surface area contributed by atoms with Crippen LogP contribution in [-0.2, 0) is 11.3 Å². The molecular weight excluding hydrogens is 385 g/mol. The van der Waals surface area contributed by atoms with Crippen molar-refractivity contribution in [3.63, 3.8) is 0 Å². The van der Waals surface area contributed by atoms with Gasteiger partial charge in [-0.05, 0) is 49.2 Å². The van der Waals surface area contributed by atoms with Gasteiger partial charge in [-0.15, -0.1) is 0 Å². The maximum absolute atomic E-state index is 14.0. The Kier molecular flexibility index (Phi) is 5.58. The molecule has 0 aliphatic carbocycles. The molecule has 0 radical (unpaired) electrons. The van der Waals surface area contributed by atoms with Gasteiger partial charge in [0, 0.05) is 18.4 Å². The lowest BCUT2D eigenvalue weighted by atomic mass is 10.1. The number of anilines is 1. The molecule has 0 spiro atoms. The second-order valence-electron chi connectivity index (χ2n) is 7.24. The molecule has 2 heterocycles. The van der Waals surface area contributed by atoms with Crippen molar-refractivity contribution in [3.05, 3.63) is 77.9 Å². The fourth-order valence-electron chi connectivity index (χ4n) is 3.74. The van der Waals surface area contributed by atoms with Crippen LogP contribution in [-0.4, -0.2) is 39.1 Å². The first-order chi connectivity index (χ1) is 14.5. The normalized spacial score (nSPS) is 16.5. The second-order valence-corrected chi connectivity index (χ2v) is 7.24. The van der Waals surface area contributed by atoms with Gasteiger partial charge in [0.15, 0.2) is 5.69 Å². The van der Waals surface area contributed by atoms with Crippen molar-refractivity contribution in [2.75, 3.05) is 11.9 Å². The van der Waals surface area contributed by atoms with Crippen LogP contribution in [0.2, 0.25) is 0 Å². The average molecular weight is 407 g/mol. The number of nitrogens with two attached hydrogens (primary N) is 1. The largest absolute Gasteiger partial charge is 0.368 e. The molecule has 154 valence electrons. The lowest BCUT2D eigenvalue weighted by molar-refractivity contribution is -0.122. The van der Waals surface area contributed by atoms with Gasteiger partial charge in [-0.3, -0.25) is 14.5 Å². The summed E-state index contributed by atoms with van der Waals surface area (Å²) in [6.07, 6.45) is 3.20. The number of nitrogens with one attached hydrogen (secondary N) is 1. The highest BCUT2D eigenvalue weighted by Crippen LogP contribution is 2.24. The van der Waals surface area contributed by atoms with Gasteiger partial charge in [0.2, 0.25) is 5.91 Å². The molecule has 0 bridgehead atoms. The molecule has 3 aromatic rings. The van der Waals surface area contributed by atoms with E-state index in [1.807, 2.05) is 23.1 Å². The minimum Gasteiger partial charge on any atom is -0.368 e. The molecule has 4 rings (SSSR count). The van der Waals surface area contributed by atoms with E-state index in [1.165, 1.54) is 16.8 Å². The summed E-state index contributed by atoms with van der Waals surface area (Å²) < 4.78 is 15.3. The summed E-state index contributed by atoms with van der Waals surface area (Å²) in [6, 6.07) is 14.9. The Labute approximate surface area is 173 Å². The zero-order chi connectivity index (χ0) is 21.1. The smallest absolute Gasteiger partial charge is 0.276 e. The first kappa shape index (κ1) is 19.8. The summed E-state index contributed by atoms with van der Waals surface area (Å²) >= 11 is 0. The number of para-hydroxylation sites is 2. The SMILES string of the molecule is NC(=O)C1CCCN1Cc1ccccc1NC(=O)c1ccn(-c2ccccc2F)n1. The third-order valence-electron chi connectivity index (χ3n) is 5.25. The molecule has 2 aromatic carbocycles. The maximum atomic E-state index is 14.0. The molecule has 7 nitrogen and oxygen atoms in total. The maximum Gasteiger partial charge on any atom is 0.276 e. The van der Waals surface area contributed by atoms with Crippen molar-refractivity contribution in [1.29, 1.82) is 0 Å². The van der Waals surface area contributed by atoms with Crippen LogP contribution in [0.3, 0.4) is 0 Å². The standard InChI is InChI=1S/C22H22FN5O2/c23-16-7-2-4-9-19(16)28-13-11-18(26-28)22(30)25-17-8-3-1-6-15(17)14-27-12-5-10-20(27)21(24)29/h1-4,6-9,11,13,20H,5,10,12,14H2,(H2,24,29)(H,25,30). The van der Waals surface area contributed by atoms with Crippen LogP contribution >= 0.6 is 0 Å². The third-order valence-corrected chi connectivity index (χ3v) is 5.25. The van der Waals surface area contributed by atoms with Crippen LogP contribution in [0.1, 0.15) is 28.9 Å². The Bertz CT molecular complexity index is 1080. The Morgan fingerprint density at radius 2 is 1.90 bits per heavy atom. The van der Waals surface area contributed by atoms with Crippen LogP contribution in [0.4, 0.5) is 10.1 Å². The lowest BCUT2D eigenvalue weighted by Gasteiger charge is -2.23. The van der Waals surface area contributed by atoms with Gasteiger partial charge >= 0.3 is 0 Å². The Hall–Kier alpha value is -3.52. The number of hydrogen-bond acceptors (Lipinski definition) is 4. The van der Waals surface area contributed by atoms with Crippen molar-refractivity contribution in [2.24, 2.45) is 5.73 Å². The van der Waals surface area contributed by atoms with Crippen molar-refractivity contribution in [1.82, 2.24) is 14.7 Å². The number of carbonyl (C=O) groups excluding carboxylic acids is 2. The summed E-state index contributed by atoms with van der Waals surface area (Å²) in [4.78, 5) is 26.4. The van der Waals surface area contributed by atoms with E-state index < -0.39 is 11.7 Å². The van der Waals surface area contributed by atoms with Gasteiger partial charge in [0.1, 0.15) is 11.5 Å². The van der Waals surface area contributed by atoms with Gasteiger partial charge in [0.25, 0.3) is 5.91 Å². The minimum atomic E-state index is -0.424. The molecule has 1 saturated heterocycles. The number of likely N-dealkylation sites (tertiary alicyclic amines) is 1. The number of benzene rings is 2.